The number of carbonyl (C=O) groups is 2. The topological polar surface area (TPSA) is 86.8 Å². The van der Waals surface area contributed by atoms with Crippen LogP contribution in [0, 0.1) is 5.82 Å². The SMILES string of the molecule is CC(C)NC(=O)[C@H](C)N(Cc1ccccc1F)C(=O)CN(c1cccc(Cl)c1)S(=O)(=O)c1ccccc1. The van der Waals surface area contributed by atoms with Crippen LogP contribution in [0.3, 0.4) is 0 Å². The molecule has 0 aliphatic carbocycles. The third-order valence-corrected chi connectivity index (χ3v) is 7.63. The fourth-order valence-electron chi connectivity index (χ4n) is 3.68. The highest BCUT2D eigenvalue weighted by molar-refractivity contribution is 7.92. The Morgan fingerprint density at radius 1 is 0.946 bits per heavy atom. The molecule has 3 rings (SSSR count). The van der Waals surface area contributed by atoms with Gasteiger partial charge in [-0.3, -0.25) is 13.9 Å². The number of halogens is 2. The summed E-state index contributed by atoms with van der Waals surface area (Å²) in [6.45, 7) is 4.21. The molecule has 0 spiro atoms. The van der Waals surface area contributed by atoms with Gasteiger partial charge in [0.2, 0.25) is 11.8 Å². The van der Waals surface area contributed by atoms with E-state index in [0.717, 1.165) is 4.31 Å². The Balaban J connectivity index is 2.03. The highest BCUT2D eigenvalue weighted by atomic mass is 35.5. The molecule has 0 saturated heterocycles. The number of rotatable bonds is 10. The molecule has 7 nitrogen and oxygen atoms in total. The summed E-state index contributed by atoms with van der Waals surface area (Å²) in [5, 5.41) is 3.03. The predicted molar refractivity (Wildman–Crippen MR) is 142 cm³/mol. The van der Waals surface area contributed by atoms with Gasteiger partial charge in [0.05, 0.1) is 10.6 Å². The third kappa shape index (κ3) is 7.08. The molecule has 0 aromatic heterocycles. The van der Waals surface area contributed by atoms with Gasteiger partial charge in [-0.1, -0.05) is 54.1 Å². The molecule has 1 atom stereocenters. The van der Waals surface area contributed by atoms with Crippen LogP contribution in [-0.4, -0.2) is 43.8 Å². The predicted octanol–water partition coefficient (Wildman–Crippen LogP) is 4.62. The molecular formula is C27H29ClFN3O4S. The number of carbonyl (C=O) groups excluding carboxylic acids is 2. The van der Waals surface area contributed by atoms with E-state index in [9.17, 15) is 22.4 Å². The molecule has 0 aliphatic heterocycles. The van der Waals surface area contributed by atoms with Crippen LogP contribution < -0.4 is 9.62 Å². The number of hydrogen-bond acceptors (Lipinski definition) is 4. The normalized spacial score (nSPS) is 12.2. The second kappa shape index (κ2) is 12.2. The smallest absolute Gasteiger partial charge is 0.264 e. The summed E-state index contributed by atoms with van der Waals surface area (Å²) in [6.07, 6.45) is 0. The van der Waals surface area contributed by atoms with Gasteiger partial charge in [0.25, 0.3) is 10.0 Å². The van der Waals surface area contributed by atoms with Gasteiger partial charge in [0, 0.05) is 23.2 Å². The molecule has 0 heterocycles. The van der Waals surface area contributed by atoms with Crippen LogP contribution in [0.2, 0.25) is 5.02 Å². The Morgan fingerprint density at radius 3 is 2.22 bits per heavy atom. The van der Waals surface area contributed by atoms with Gasteiger partial charge in [-0.05, 0) is 57.2 Å². The van der Waals surface area contributed by atoms with Gasteiger partial charge in [0.1, 0.15) is 18.4 Å². The molecule has 37 heavy (non-hydrogen) atoms. The Kier molecular flexibility index (Phi) is 9.29. The molecule has 196 valence electrons. The van der Waals surface area contributed by atoms with Crippen LogP contribution in [-0.2, 0) is 26.2 Å². The number of nitrogens with zero attached hydrogens (tertiary/aromatic N) is 2. The van der Waals surface area contributed by atoms with Crippen molar-refractivity contribution in [2.45, 2.75) is 44.3 Å². The van der Waals surface area contributed by atoms with Gasteiger partial charge in [-0.2, -0.15) is 0 Å². The lowest BCUT2D eigenvalue weighted by Crippen LogP contribution is -2.52. The van der Waals surface area contributed by atoms with Crippen LogP contribution in [0.25, 0.3) is 0 Å². The largest absolute Gasteiger partial charge is 0.352 e. The lowest BCUT2D eigenvalue weighted by Gasteiger charge is -2.32. The summed E-state index contributed by atoms with van der Waals surface area (Å²) in [5.74, 6) is -1.67. The fraction of sp³-hybridized carbons (Fsp3) is 0.259. The first-order valence-electron chi connectivity index (χ1n) is 11.7. The molecule has 10 heteroatoms. The van der Waals surface area contributed by atoms with E-state index in [1.54, 1.807) is 50.2 Å². The summed E-state index contributed by atoms with van der Waals surface area (Å²) in [6, 6.07) is 18.5. The number of nitrogens with one attached hydrogen (secondary N) is 1. The van der Waals surface area contributed by atoms with Gasteiger partial charge < -0.3 is 10.2 Å². The first kappa shape index (κ1) is 28.1. The van der Waals surface area contributed by atoms with Gasteiger partial charge >= 0.3 is 0 Å². The molecule has 0 unspecified atom stereocenters. The Hall–Kier alpha value is -3.43. The molecular weight excluding hydrogens is 517 g/mol. The van der Waals surface area contributed by atoms with Crippen LogP contribution in [0.4, 0.5) is 10.1 Å². The minimum Gasteiger partial charge on any atom is -0.352 e. The standard InChI is InChI=1S/C27H29ClFN3O4S/c1-19(2)30-27(34)20(3)31(17-21-10-7-8-15-25(21)29)26(33)18-32(23-12-9-11-22(28)16-23)37(35,36)24-13-5-4-6-14-24/h4-16,19-20H,17-18H2,1-3H3,(H,30,34)/t20-/m0/s1. The summed E-state index contributed by atoms with van der Waals surface area (Å²) in [4.78, 5) is 27.7. The minimum absolute atomic E-state index is 0.0194. The van der Waals surface area contributed by atoms with Gasteiger partial charge in [-0.15, -0.1) is 0 Å². The number of anilines is 1. The third-order valence-electron chi connectivity index (χ3n) is 5.60. The monoisotopic (exact) mass is 545 g/mol. The second-order valence-corrected chi connectivity index (χ2v) is 11.1. The lowest BCUT2D eigenvalue weighted by atomic mass is 10.1. The summed E-state index contributed by atoms with van der Waals surface area (Å²) < 4.78 is 42.7. The molecule has 2 amide bonds. The molecule has 0 bridgehead atoms. The first-order chi connectivity index (χ1) is 17.5. The van der Waals surface area contributed by atoms with Crippen molar-refractivity contribution in [2.75, 3.05) is 10.8 Å². The van der Waals surface area contributed by atoms with Crippen molar-refractivity contribution in [2.24, 2.45) is 0 Å². The molecule has 3 aromatic carbocycles. The Bertz CT molecular complexity index is 1350. The second-order valence-electron chi connectivity index (χ2n) is 8.76. The van der Waals surface area contributed by atoms with Crippen LogP contribution in [0.15, 0.2) is 83.8 Å². The number of benzene rings is 3. The van der Waals surface area contributed by atoms with E-state index in [-0.39, 0.29) is 33.8 Å². The van der Waals surface area contributed by atoms with E-state index in [4.69, 9.17) is 11.6 Å². The molecule has 0 radical (unpaired) electrons. The maximum absolute atomic E-state index is 14.5. The van der Waals surface area contributed by atoms with E-state index in [0.29, 0.717) is 0 Å². The fourth-order valence-corrected chi connectivity index (χ4v) is 5.29. The average molecular weight is 546 g/mol. The Labute approximate surface area is 221 Å². The molecule has 1 N–H and O–H groups in total. The summed E-state index contributed by atoms with van der Waals surface area (Å²) in [7, 11) is -4.19. The van der Waals surface area contributed by atoms with E-state index in [1.165, 1.54) is 54.3 Å². The maximum Gasteiger partial charge on any atom is 0.264 e. The highest BCUT2D eigenvalue weighted by Gasteiger charge is 2.33. The van der Waals surface area contributed by atoms with E-state index < -0.39 is 40.2 Å². The van der Waals surface area contributed by atoms with Crippen molar-refractivity contribution in [3.8, 4) is 0 Å². The molecule has 0 fully saturated rings. The zero-order valence-electron chi connectivity index (χ0n) is 20.8. The summed E-state index contributed by atoms with van der Waals surface area (Å²) in [5.41, 5.74) is 0.370. The van der Waals surface area contributed by atoms with Crippen LogP contribution in [0.5, 0.6) is 0 Å². The summed E-state index contributed by atoms with van der Waals surface area (Å²) >= 11 is 6.14. The van der Waals surface area contributed by atoms with Crippen LogP contribution in [0.1, 0.15) is 26.3 Å². The van der Waals surface area contributed by atoms with E-state index in [1.807, 2.05) is 0 Å². The first-order valence-corrected chi connectivity index (χ1v) is 13.5. The van der Waals surface area contributed by atoms with E-state index in [2.05, 4.69) is 5.32 Å². The highest BCUT2D eigenvalue weighted by Crippen LogP contribution is 2.27. The van der Waals surface area contributed by atoms with Crippen molar-refractivity contribution in [3.63, 3.8) is 0 Å². The zero-order chi connectivity index (χ0) is 27.2. The van der Waals surface area contributed by atoms with Crippen molar-refractivity contribution < 1.29 is 22.4 Å². The quantitative estimate of drug-likeness (QED) is 0.403. The van der Waals surface area contributed by atoms with Crippen molar-refractivity contribution in [1.82, 2.24) is 10.2 Å². The molecule has 0 aliphatic rings. The average Bonchev–Trinajstić information content (AvgIpc) is 2.86. The van der Waals surface area contributed by atoms with Crippen molar-refractivity contribution in [3.05, 3.63) is 95.3 Å². The van der Waals surface area contributed by atoms with Crippen molar-refractivity contribution >= 4 is 39.1 Å². The van der Waals surface area contributed by atoms with Crippen LogP contribution >= 0.6 is 11.6 Å². The number of hydrogen-bond donors (Lipinski definition) is 1. The zero-order valence-corrected chi connectivity index (χ0v) is 22.3. The van der Waals surface area contributed by atoms with E-state index >= 15 is 0 Å². The van der Waals surface area contributed by atoms with Gasteiger partial charge in [0.15, 0.2) is 0 Å². The molecule has 0 saturated carbocycles. The van der Waals surface area contributed by atoms with Gasteiger partial charge in [-0.25, -0.2) is 12.8 Å². The van der Waals surface area contributed by atoms with Crippen molar-refractivity contribution in [1.29, 1.82) is 0 Å². The maximum atomic E-state index is 14.5. The number of amides is 2. The minimum atomic E-state index is -4.19. The molecule has 3 aromatic rings. The Morgan fingerprint density at radius 2 is 1.59 bits per heavy atom. The number of sulfonamides is 1. The lowest BCUT2D eigenvalue weighted by molar-refractivity contribution is -0.139.